The minimum atomic E-state index is -0.638. The molecule has 0 bridgehead atoms. The lowest BCUT2D eigenvalue weighted by Gasteiger charge is -2.14. The van der Waals surface area contributed by atoms with Gasteiger partial charge < -0.3 is 14.5 Å². The molecule has 3 aromatic rings. The Morgan fingerprint density at radius 2 is 1.88 bits per heavy atom. The first kappa shape index (κ1) is 16.8. The number of hydrogen-bond acceptors (Lipinski definition) is 4. The molecular weight excluding hydrogens is 318 g/mol. The zero-order chi connectivity index (χ0) is 18.0. The highest BCUT2D eigenvalue weighted by atomic mass is 16.5. The molecule has 1 atom stereocenters. The fraction of sp³-hybridized carbons (Fsp3) is 0.200. The lowest BCUT2D eigenvalue weighted by atomic mass is 10.1. The smallest absolute Gasteiger partial charge is 0.349 e. The number of aryl methyl sites for hydroxylation is 1. The van der Waals surface area contributed by atoms with Crippen LogP contribution < -0.4 is 15.7 Å². The van der Waals surface area contributed by atoms with Gasteiger partial charge >= 0.3 is 5.63 Å². The van der Waals surface area contributed by atoms with Gasteiger partial charge in [0.2, 0.25) is 0 Å². The normalized spacial score (nSPS) is 12.0. The Morgan fingerprint density at radius 1 is 1.16 bits per heavy atom. The van der Waals surface area contributed by atoms with Crippen molar-refractivity contribution in [3.63, 3.8) is 0 Å². The van der Waals surface area contributed by atoms with Crippen LogP contribution in [0.5, 0.6) is 5.75 Å². The Bertz CT molecular complexity index is 973. The molecule has 5 heteroatoms. The quantitative estimate of drug-likeness (QED) is 0.739. The number of ether oxygens (including phenoxy) is 1. The van der Waals surface area contributed by atoms with Gasteiger partial charge in [-0.3, -0.25) is 4.79 Å². The molecule has 0 unspecified atom stereocenters. The van der Waals surface area contributed by atoms with Crippen LogP contribution >= 0.6 is 0 Å². The molecule has 0 saturated heterocycles. The molecule has 0 spiro atoms. The van der Waals surface area contributed by atoms with E-state index in [0.717, 1.165) is 22.3 Å². The summed E-state index contributed by atoms with van der Waals surface area (Å²) in [6, 6.07) is 14.2. The molecule has 1 amide bonds. The number of carbonyl (C=O) groups excluding carboxylic acids is 1. The van der Waals surface area contributed by atoms with Crippen molar-refractivity contribution in [2.75, 3.05) is 7.11 Å². The van der Waals surface area contributed by atoms with E-state index in [1.165, 1.54) is 0 Å². The molecule has 0 aliphatic heterocycles. The Balaban J connectivity index is 1.86. The maximum atomic E-state index is 12.5. The summed E-state index contributed by atoms with van der Waals surface area (Å²) in [4.78, 5) is 24.7. The van der Waals surface area contributed by atoms with Crippen LogP contribution in [0.2, 0.25) is 0 Å². The Hall–Kier alpha value is -3.08. The monoisotopic (exact) mass is 337 g/mol. The number of benzene rings is 2. The molecule has 0 aliphatic rings. The Labute approximate surface area is 145 Å². The summed E-state index contributed by atoms with van der Waals surface area (Å²) in [5, 5.41) is 3.55. The average molecular weight is 337 g/mol. The summed E-state index contributed by atoms with van der Waals surface area (Å²) in [5.74, 6) is 0.285. The van der Waals surface area contributed by atoms with E-state index in [1.807, 2.05) is 56.3 Å². The van der Waals surface area contributed by atoms with Crippen LogP contribution in [0.3, 0.4) is 0 Å². The van der Waals surface area contributed by atoms with E-state index in [9.17, 15) is 9.59 Å². The molecule has 0 aliphatic carbocycles. The van der Waals surface area contributed by atoms with E-state index in [2.05, 4.69) is 5.32 Å². The van der Waals surface area contributed by atoms with Crippen LogP contribution in [0.4, 0.5) is 0 Å². The van der Waals surface area contributed by atoms with Gasteiger partial charge in [0.1, 0.15) is 16.9 Å². The number of para-hydroxylation sites is 1. The van der Waals surface area contributed by atoms with Gasteiger partial charge in [-0.1, -0.05) is 30.3 Å². The van der Waals surface area contributed by atoms with Crippen molar-refractivity contribution >= 4 is 16.9 Å². The van der Waals surface area contributed by atoms with Gasteiger partial charge in [-0.15, -0.1) is 0 Å². The summed E-state index contributed by atoms with van der Waals surface area (Å²) < 4.78 is 10.5. The Morgan fingerprint density at radius 3 is 2.56 bits per heavy atom. The summed E-state index contributed by atoms with van der Waals surface area (Å²) in [7, 11) is 1.60. The zero-order valence-corrected chi connectivity index (χ0v) is 14.3. The van der Waals surface area contributed by atoms with E-state index in [1.54, 1.807) is 13.2 Å². The van der Waals surface area contributed by atoms with Crippen molar-refractivity contribution in [1.82, 2.24) is 5.32 Å². The second kappa shape index (κ2) is 6.81. The van der Waals surface area contributed by atoms with Crippen LogP contribution in [0.1, 0.15) is 34.5 Å². The molecule has 3 rings (SSSR count). The predicted molar refractivity (Wildman–Crippen MR) is 96.1 cm³/mol. The number of amides is 1. The third-order valence-electron chi connectivity index (χ3n) is 4.16. The highest BCUT2D eigenvalue weighted by molar-refractivity contribution is 5.97. The van der Waals surface area contributed by atoms with Gasteiger partial charge in [-0.2, -0.15) is 0 Å². The van der Waals surface area contributed by atoms with E-state index >= 15 is 0 Å². The molecule has 1 N–H and O–H groups in total. The van der Waals surface area contributed by atoms with Crippen molar-refractivity contribution in [2.24, 2.45) is 0 Å². The van der Waals surface area contributed by atoms with Gasteiger partial charge in [0.15, 0.2) is 0 Å². The lowest BCUT2D eigenvalue weighted by molar-refractivity contribution is 0.0936. The third kappa shape index (κ3) is 3.40. The van der Waals surface area contributed by atoms with E-state index < -0.39 is 11.5 Å². The highest BCUT2D eigenvalue weighted by Crippen LogP contribution is 2.19. The van der Waals surface area contributed by atoms with Crippen molar-refractivity contribution in [1.29, 1.82) is 0 Å². The summed E-state index contributed by atoms with van der Waals surface area (Å²) in [6.45, 7) is 3.71. The predicted octanol–water partition coefficient (Wildman–Crippen LogP) is 3.60. The second-order valence-corrected chi connectivity index (χ2v) is 5.91. The topological polar surface area (TPSA) is 68.5 Å². The van der Waals surface area contributed by atoms with Gasteiger partial charge in [-0.25, -0.2) is 4.79 Å². The number of rotatable bonds is 4. The molecular formula is C20H19NO4. The molecule has 0 radical (unpaired) electrons. The maximum absolute atomic E-state index is 12.5. The minimum Gasteiger partial charge on any atom is -0.497 e. The van der Waals surface area contributed by atoms with Crippen LogP contribution in [-0.2, 0) is 0 Å². The molecule has 0 saturated carbocycles. The SMILES string of the molecule is COc1ccc([C@@H](C)NC(=O)c2cc3cccc(C)c3oc2=O)cc1. The van der Waals surface area contributed by atoms with Crippen LogP contribution in [0.25, 0.3) is 11.0 Å². The van der Waals surface area contributed by atoms with Crippen LogP contribution in [-0.4, -0.2) is 13.0 Å². The molecule has 5 nitrogen and oxygen atoms in total. The molecule has 1 heterocycles. The molecule has 1 aromatic heterocycles. The van der Waals surface area contributed by atoms with Gasteiger partial charge in [0, 0.05) is 5.39 Å². The zero-order valence-electron chi connectivity index (χ0n) is 14.3. The fourth-order valence-corrected chi connectivity index (χ4v) is 2.70. The van der Waals surface area contributed by atoms with Crippen LogP contribution in [0, 0.1) is 6.92 Å². The van der Waals surface area contributed by atoms with Crippen molar-refractivity contribution in [3.8, 4) is 5.75 Å². The van der Waals surface area contributed by atoms with E-state index in [-0.39, 0.29) is 11.6 Å². The summed E-state index contributed by atoms with van der Waals surface area (Å²) >= 11 is 0. The molecule has 0 fully saturated rings. The maximum Gasteiger partial charge on any atom is 0.349 e. The van der Waals surface area contributed by atoms with Gasteiger partial charge in [-0.05, 0) is 43.2 Å². The largest absolute Gasteiger partial charge is 0.497 e. The fourth-order valence-electron chi connectivity index (χ4n) is 2.70. The first-order chi connectivity index (χ1) is 12.0. The number of methoxy groups -OCH3 is 1. The second-order valence-electron chi connectivity index (χ2n) is 5.91. The van der Waals surface area contributed by atoms with Crippen molar-refractivity contribution in [2.45, 2.75) is 19.9 Å². The molecule has 128 valence electrons. The van der Waals surface area contributed by atoms with Crippen molar-refractivity contribution in [3.05, 3.63) is 75.6 Å². The first-order valence-corrected chi connectivity index (χ1v) is 7.98. The summed E-state index contributed by atoms with van der Waals surface area (Å²) in [6.07, 6.45) is 0. The van der Waals surface area contributed by atoms with E-state index in [4.69, 9.17) is 9.15 Å². The van der Waals surface area contributed by atoms with Gasteiger partial charge in [0.25, 0.3) is 5.91 Å². The van der Waals surface area contributed by atoms with Gasteiger partial charge in [0.05, 0.1) is 13.2 Å². The minimum absolute atomic E-state index is 0.00142. The molecule has 25 heavy (non-hydrogen) atoms. The number of hydrogen-bond donors (Lipinski definition) is 1. The number of nitrogens with one attached hydrogen (secondary N) is 1. The first-order valence-electron chi connectivity index (χ1n) is 7.98. The number of fused-ring (bicyclic) bond motifs is 1. The highest BCUT2D eigenvalue weighted by Gasteiger charge is 2.17. The average Bonchev–Trinajstić information content (AvgIpc) is 2.62. The lowest BCUT2D eigenvalue weighted by Crippen LogP contribution is -2.30. The van der Waals surface area contributed by atoms with Crippen LogP contribution in [0.15, 0.2) is 57.7 Å². The summed E-state index contributed by atoms with van der Waals surface area (Å²) in [5.41, 5.74) is 1.63. The molecule has 2 aromatic carbocycles. The standard InChI is InChI=1S/C20H19NO4/c1-12-5-4-6-15-11-17(20(23)25-18(12)15)19(22)21-13(2)14-7-9-16(24-3)10-8-14/h4-11,13H,1-3H3,(H,21,22)/t13-/m1/s1. The number of carbonyl (C=O) groups is 1. The van der Waals surface area contributed by atoms with Crippen molar-refractivity contribution < 1.29 is 13.9 Å². The van der Waals surface area contributed by atoms with E-state index in [0.29, 0.717) is 5.58 Å². The third-order valence-corrected chi connectivity index (χ3v) is 4.16. The Kier molecular flexibility index (Phi) is 4.57.